The van der Waals surface area contributed by atoms with Crippen LogP contribution in [0.4, 0.5) is 0 Å². The van der Waals surface area contributed by atoms with Crippen LogP contribution in [0.5, 0.6) is 0 Å². The molecule has 0 radical (unpaired) electrons. The highest BCUT2D eigenvalue weighted by Crippen LogP contribution is 2.16. The molecule has 0 amide bonds. The van der Waals surface area contributed by atoms with Crippen LogP contribution < -0.4 is 0 Å². The summed E-state index contributed by atoms with van der Waals surface area (Å²) in [6.07, 6.45) is 16.7. The van der Waals surface area contributed by atoms with Crippen LogP contribution in [-0.2, 0) is 6.42 Å². The molecule has 0 fully saturated rings. The van der Waals surface area contributed by atoms with Gasteiger partial charge in [-0.1, -0.05) is 89.8 Å². The summed E-state index contributed by atoms with van der Waals surface area (Å²) in [5.41, 5.74) is 4.50. The van der Waals surface area contributed by atoms with Crippen LogP contribution in [0, 0.1) is 13.8 Å². The minimum atomic E-state index is 0. The van der Waals surface area contributed by atoms with Gasteiger partial charge in [0.2, 0.25) is 0 Å². The molecule has 0 spiro atoms. The van der Waals surface area contributed by atoms with E-state index in [1.807, 2.05) is 0 Å². The molecule has 2 N–H and O–H groups in total. The van der Waals surface area contributed by atoms with Crippen LogP contribution in [0.1, 0.15) is 94.7 Å². The van der Waals surface area contributed by atoms with E-state index < -0.39 is 0 Å². The maximum Gasteiger partial charge on any atom is -0.0276 e. The van der Waals surface area contributed by atoms with Gasteiger partial charge in [-0.3, -0.25) is 0 Å². The lowest BCUT2D eigenvalue weighted by molar-refractivity contribution is 0.556. The average Bonchev–Trinajstić information content (AvgIpc) is 2.54. The second kappa shape index (κ2) is 22.1. The summed E-state index contributed by atoms with van der Waals surface area (Å²) >= 11 is 0. The SMILES string of the molecule is Br.CCCCCCCCCCCCc1cccc(C)c1C.CCP.O. The second-order valence-corrected chi connectivity index (χ2v) is 7.52. The Bertz CT molecular complexity index is 382. The van der Waals surface area contributed by atoms with E-state index in [1.54, 1.807) is 5.56 Å². The highest BCUT2D eigenvalue weighted by atomic mass is 79.9. The summed E-state index contributed by atoms with van der Waals surface area (Å²) in [7, 11) is 2.58. The van der Waals surface area contributed by atoms with Crippen molar-refractivity contribution in [2.24, 2.45) is 0 Å². The van der Waals surface area contributed by atoms with Crippen molar-refractivity contribution in [3.63, 3.8) is 0 Å². The standard InChI is InChI=1S/C20H34.C2H7P.BrH.H2O/c1-4-5-6-7-8-9-10-11-12-13-16-20-17-14-15-18(2)19(20)3;1-2-3;;/h14-15,17H,4-13,16H2,1-3H3;2-3H2,1H3;1H;1H2. The zero-order valence-electron chi connectivity index (χ0n) is 17.2. The summed E-state index contributed by atoms with van der Waals surface area (Å²) in [6, 6.07) is 6.72. The first-order valence-corrected chi connectivity index (χ1v) is 10.7. The van der Waals surface area contributed by atoms with Crippen molar-refractivity contribution in [2.75, 3.05) is 6.16 Å². The van der Waals surface area contributed by atoms with E-state index in [0.29, 0.717) is 0 Å². The summed E-state index contributed by atoms with van der Waals surface area (Å²) in [6.45, 7) is 8.86. The van der Waals surface area contributed by atoms with E-state index >= 15 is 0 Å². The number of unbranched alkanes of at least 4 members (excludes halogenated alkanes) is 9. The molecule has 0 aromatic heterocycles. The molecule has 0 saturated heterocycles. The van der Waals surface area contributed by atoms with Crippen LogP contribution in [0.25, 0.3) is 0 Å². The molecular formula is C22H44BrOP. The fraction of sp³-hybridized carbons (Fsp3) is 0.727. The van der Waals surface area contributed by atoms with E-state index in [0.717, 1.165) is 0 Å². The molecular weight excluding hydrogens is 391 g/mol. The Kier molecular flexibility index (Phi) is 26.4. The van der Waals surface area contributed by atoms with Crippen LogP contribution in [0.3, 0.4) is 0 Å². The molecule has 25 heavy (non-hydrogen) atoms. The second-order valence-electron chi connectivity index (χ2n) is 6.70. The monoisotopic (exact) mass is 434 g/mol. The topological polar surface area (TPSA) is 31.5 Å². The van der Waals surface area contributed by atoms with Crippen LogP contribution in [0.2, 0.25) is 0 Å². The van der Waals surface area contributed by atoms with Gasteiger partial charge in [0.15, 0.2) is 0 Å². The van der Waals surface area contributed by atoms with Gasteiger partial charge in [0.05, 0.1) is 0 Å². The molecule has 1 unspecified atom stereocenters. The van der Waals surface area contributed by atoms with E-state index in [1.165, 1.54) is 87.9 Å². The van der Waals surface area contributed by atoms with Crippen molar-refractivity contribution in [1.29, 1.82) is 0 Å². The molecule has 1 atom stereocenters. The molecule has 0 heterocycles. The molecule has 0 aliphatic heterocycles. The maximum absolute atomic E-state index is 2.58. The number of rotatable bonds is 11. The average molecular weight is 435 g/mol. The smallest absolute Gasteiger partial charge is 0.0276 e. The molecule has 1 nitrogen and oxygen atoms in total. The molecule has 0 bridgehead atoms. The Morgan fingerprint density at radius 3 is 1.68 bits per heavy atom. The normalized spacial score (nSPS) is 9.48. The van der Waals surface area contributed by atoms with Crippen LogP contribution in [0.15, 0.2) is 18.2 Å². The Morgan fingerprint density at radius 2 is 1.20 bits per heavy atom. The summed E-state index contributed by atoms with van der Waals surface area (Å²) in [5, 5.41) is 0. The fourth-order valence-corrected chi connectivity index (χ4v) is 2.89. The number of hydrogen-bond acceptors (Lipinski definition) is 0. The Labute approximate surface area is 171 Å². The summed E-state index contributed by atoms with van der Waals surface area (Å²) in [4.78, 5) is 0. The van der Waals surface area contributed by atoms with Gasteiger partial charge in [-0.25, -0.2) is 0 Å². The lowest BCUT2D eigenvalue weighted by Crippen LogP contribution is -1.92. The van der Waals surface area contributed by atoms with E-state index in [4.69, 9.17) is 0 Å². The highest BCUT2D eigenvalue weighted by Gasteiger charge is 2.00. The molecule has 0 aliphatic carbocycles. The van der Waals surface area contributed by atoms with Gasteiger partial charge >= 0.3 is 0 Å². The largest absolute Gasteiger partial charge is 0.412 e. The van der Waals surface area contributed by atoms with Crippen LogP contribution in [-0.4, -0.2) is 11.6 Å². The maximum atomic E-state index is 2.58. The molecule has 3 heteroatoms. The van der Waals surface area contributed by atoms with Gasteiger partial charge in [-0.15, -0.1) is 26.2 Å². The molecule has 150 valence electrons. The third kappa shape index (κ3) is 17.3. The molecule has 0 saturated carbocycles. The molecule has 1 rings (SSSR count). The van der Waals surface area contributed by atoms with Crippen molar-refractivity contribution in [2.45, 2.75) is 98.3 Å². The quantitative estimate of drug-likeness (QED) is 0.256. The fourth-order valence-electron chi connectivity index (χ4n) is 2.89. The molecule has 1 aromatic rings. The van der Waals surface area contributed by atoms with Gasteiger partial charge in [0.1, 0.15) is 0 Å². The minimum absolute atomic E-state index is 0. The van der Waals surface area contributed by atoms with Crippen molar-refractivity contribution >= 4 is 26.2 Å². The van der Waals surface area contributed by atoms with E-state index in [2.05, 4.69) is 55.1 Å². The first-order valence-electron chi connectivity index (χ1n) is 9.92. The number of aryl methyl sites for hydroxylation is 2. The van der Waals surface area contributed by atoms with Crippen molar-refractivity contribution in [3.8, 4) is 0 Å². The van der Waals surface area contributed by atoms with Gasteiger partial charge < -0.3 is 5.48 Å². The molecule has 1 aromatic carbocycles. The van der Waals surface area contributed by atoms with Gasteiger partial charge in [-0.2, -0.15) is 0 Å². The zero-order valence-corrected chi connectivity index (χ0v) is 20.1. The third-order valence-electron chi connectivity index (χ3n) is 4.52. The predicted molar refractivity (Wildman–Crippen MR) is 126 cm³/mol. The van der Waals surface area contributed by atoms with Crippen molar-refractivity contribution in [3.05, 3.63) is 34.9 Å². The van der Waals surface area contributed by atoms with E-state index in [9.17, 15) is 0 Å². The summed E-state index contributed by atoms with van der Waals surface area (Å²) in [5.74, 6) is 0. The highest BCUT2D eigenvalue weighted by molar-refractivity contribution is 8.93. The van der Waals surface area contributed by atoms with Gasteiger partial charge in [0, 0.05) is 0 Å². The van der Waals surface area contributed by atoms with Gasteiger partial charge in [-0.05, 0) is 49.5 Å². The van der Waals surface area contributed by atoms with Crippen molar-refractivity contribution in [1.82, 2.24) is 0 Å². The first-order chi connectivity index (χ1) is 11.2. The van der Waals surface area contributed by atoms with Crippen LogP contribution >= 0.6 is 26.2 Å². The van der Waals surface area contributed by atoms with Crippen molar-refractivity contribution < 1.29 is 5.48 Å². The third-order valence-corrected chi connectivity index (χ3v) is 4.52. The number of hydrogen-bond donors (Lipinski definition) is 0. The lowest BCUT2D eigenvalue weighted by Gasteiger charge is -2.08. The Hall–Kier alpha value is 0.0900. The number of benzene rings is 1. The van der Waals surface area contributed by atoms with E-state index in [-0.39, 0.29) is 22.5 Å². The first kappa shape index (κ1) is 29.8. The predicted octanol–water partition coefficient (Wildman–Crippen LogP) is 7.40. The lowest BCUT2D eigenvalue weighted by atomic mass is 9.98. The summed E-state index contributed by atoms with van der Waals surface area (Å²) < 4.78 is 0. The Morgan fingerprint density at radius 1 is 0.760 bits per heavy atom. The molecule has 0 aliphatic rings. The van der Waals surface area contributed by atoms with Gasteiger partial charge in [0.25, 0.3) is 0 Å². The minimum Gasteiger partial charge on any atom is -0.412 e. The zero-order chi connectivity index (χ0) is 17.3. The Balaban J connectivity index is -0.000000900. The number of halogens is 1.